The normalized spacial score (nSPS) is 31.5. The minimum absolute atomic E-state index is 0.0173. The molecule has 6 heteroatoms. The molecule has 144 valence electrons. The summed E-state index contributed by atoms with van der Waals surface area (Å²) in [7, 11) is 1.80. The highest BCUT2D eigenvalue weighted by atomic mass is 16.5. The van der Waals surface area contributed by atoms with Crippen LogP contribution in [-0.4, -0.2) is 64.0 Å². The molecule has 2 fully saturated rings. The summed E-state index contributed by atoms with van der Waals surface area (Å²) in [5.74, 6) is -0.845. The molecule has 1 spiro atoms. The topological polar surface area (TPSA) is 62.7 Å². The molecule has 2 bridgehead atoms. The van der Waals surface area contributed by atoms with Gasteiger partial charge in [-0.25, -0.2) is 0 Å². The van der Waals surface area contributed by atoms with Crippen LogP contribution in [0.2, 0.25) is 0 Å². The predicted octanol–water partition coefficient (Wildman–Crippen LogP) is 1.66. The number of hydrogen-bond acceptors (Lipinski definition) is 4. The van der Waals surface area contributed by atoms with Gasteiger partial charge in [-0.05, 0) is 32.9 Å². The molecule has 2 amide bonds. The SMILES string of the molecule is CN(CCc1ccccn1)C(=O)[C@@H]1[C@@H]2C=C[C@@]3(CN(C(C)(C)C)C(=O)[C@@H]13)O2. The lowest BCUT2D eigenvalue weighted by atomic mass is 9.76. The summed E-state index contributed by atoms with van der Waals surface area (Å²) in [6.45, 7) is 7.16. The van der Waals surface area contributed by atoms with E-state index in [0.717, 1.165) is 5.69 Å². The number of rotatable bonds is 4. The molecule has 4 atom stereocenters. The number of fused-ring (bicyclic) bond motifs is 1. The van der Waals surface area contributed by atoms with E-state index < -0.39 is 17.4 Å². The number of hydrogen-bond donors (Lipinski definition) is 0. The summed E-state index contributed by atoms with van der Waals surface area (Å²) in [5, 5.41) is 0. The van der Waals surface area contributed by atoms with Crippen LogP contribution >= 0.6 is 0 Å². The van der Waals surface area contributed by atoms with Crippen molar-refractivity contribution in [3.8, 4) is 0 Å². The van der Waals surface area contributed by atoms with Crippen molar-refractivity contribution in [3.63, 3.8) is 0 Å². The highest BCUT2D eigenvalue weighted by Gasteiger charge is 2.68. The Morgan fingerprint density at radius 2 is 2.19 bits per heavy atom. The third-order valence-electron chi connectivity index (χ3n) is 6.00. The molecule has 3 aliphatic rings. The van der Waals surface area contributed by atoms with Gasteiger partial charge in [-0.2, -0.15) is 0 Å². The number of carbonyl (C=O) groups excluding carboxylic acids is 2. The van der Waals surface area contributed by atoms with Crippen molar-refractivity contribution in [2.24, 2.45) is 11.8 Å². The highest BCUT2D eigenvalue weighted by molar-refractivity contribution is 5.93. The van der Waals surface area contributed by atoms with Gasteiger partial charge in [-0.3, -0.25) is 14.6 Å². The Bertz CT molecular complexity index is 786. The number of amides is 2. The average molecular weight is 369 g/mol. The molecule has 0 N–H and O–H groups in total. The lowest BCUT2D eigenvalue weighted by molar-refractivity contribution is -0.144. The first-order chi connectivity index (χ1) is 12.7. The first kappa shape index (κ1) is 18.2. The summed E-state index contributed by atoms with van der Waals surface area (Å²) in [6, 6.07) is 5.78. The van der Waals surface area contributed by atoms with E-state index in [4.69, 9.17) is 4.74 Å². The zero-order valence-electron chi connectivity index (χ0n) is 16.4. The van der Waals surface area contributed by atoms with E-state index in [1.165, 1.54) is 0 Å². The molecule has 4 rings (SSSR count). The molecule has 0 unspecified atom stereocenters. The van der Waals surface area contributed by atoms with Crippen molar-refractivity contribution >= 4 is 11.8 Å². The maximum atomic E-state index is 13.2. The lowest BCUT2D eigenvalue weighted by Gasteiger charge is -2.34. The number of pyridine rings is 1. The molecule has 6 nitrogen and oxygen atoms in total. The fourth-order valence-corrected chi connectivity index (χ4v) is 4.54. The molecule has 0 radical (unpaired) electrons. The van der Waals surface area contributed by atoms with Crippen molar-refractivity contribution < 1.29 is 14.3 Å². The van der Waals surface area contributed by atoms with Crippen molar-refractivity contribution in [2.75, 3.05) is 20.1 Å². The zero-order valence-corrected chi connectivity index (χ0v) is 16.4. The molecule has 1 aromatic rings. The molecule has 0 aromatic carbocycles. The second-order valence-electron chi connectivity index (χ2n) is 8.83. The van der Waals surface area contributed by atoms with Gasteiger partial charge in [0.15, 0.2) is 0 Å². The van der Waals surface area contributed by atoms with E-state index in [1.54, 1.807) is 18.1 Å². The molecule has 0 aliphatic carbocycles. The largest absolute Gasteiger partial charge is 0.360 e. The Hall–Kier alpha value is -2.21. The van der Waals surface area contributed by atoms with Crippen LogP contribution in [0, 0.1) is 11.8 Å². The molecule has 27 heavy (non-hydrogen) atoms. The second kappa shape index (κ2) is 6.16. The predicted molar refractivity (Wildman–Crippen MR) is 101 cm³/mol. The van der Waals surface area contributed by atoms with Crippen LogP contribution in [0.15, 0.2) is 36.5 Å². The van der Waals surface area contributed by atoms with Crippen molar-refractivity contribution in [1.29, 1.82) is 0 Å². The second-order valence-corrected chi connectivity index (χ2v) is 8.83. The maximum Gasteiger partial charge on any atom is 0.230 e. The van der Waals surface area contributed by atoms with Gasteiger partial charge in [-0.15, -0.1) is 0 Å². The molecule has 0 saturated carbocycles. The summed E-state index contributed by atoms with van der Waals surface area (Å²) >= 11 is 0. The smallest absolute Gasteiger partial charge is 0.230 e. The summed E-state index contributed by atoms with van der Waals surface area (Å²) < 4.78 is 6.19. The molecule has 1 aromatic heterocycles. The summed E-state index contributed by atoms with van der Waals surface area (Å²) in [6.07, 6.45) is 6.11. The molecule has 3 aliphatic heterocycles. The minimum Gasteiger partial charge on any atom is -0.360 e. The van der Waals surface area contributed by atoms with Crippen molar-refractivity contribution in [1.82, 2.24) is 14.8 Å². The fraction of sp³-hybridized carbons (Fsp3) is 0.571. The van der Waals surface area contributed by atoms with E-state index in [0.29, 0.717) is 19.5 Å². The number of likely N-dealkylation sites (tertiary alicyclic amines) is 1. The highest BCUT2D eigenvalue weighted by Crippen LogP contribution is 2.53. The fourth-order valence-electron chi connectivity index (χ4n) is 4.54. The van der Waals surface area contributed by atoms with E-state index in [9.17, 15) is 9.59 Å². The van der Waals surface area contributed by atoms with E-state index in [-0.39, 0.29) is 23.5 Å². The quantitative estimate of drug-likeness (QED) is 0.758. The number of aromatic nitrogens is 1. The van der Waals surface area contributed by atoms with Gasteiger partial charge in [0.25, 0.3) is 0 Å². The number of likely N-dealkylation sites (N-methyl/N-ethyl adjacent to an activating group) is 1. The van der Waals surface area contributed by atoms with Crippen LogP contribution in [0.3, 0.4) is 0 Å². The molecular formula is C21H27N3O3. The van der Waals surface area contributed by atoms with Crippen LogP contribution in [0.1, 0.15) is 26.5 Å². The number of nitrogens with zero attached hydrogens (tertiary/aromatic N) is 3. The zero-order chi connectivity index (χ0) is 19.4. The van der Waals surface area contributed by atoms with Gasteiger partial charge >= 0.3 is 0 Å². The van der Waals surface area contributed by atoms with Crippen LogP contribution in [-0.2, 0) is 20.7 Å². The Morgan fingerprint density at radius 3 is 2.85 bits per heavy atom. The van der Waals surface area contributed by atoms with Crippen molar-refractivity contribution in [3.05, 3.63) is 42.2 Å². The lowest BCUT2D eigenvalue weighted by Crippen LogP contribution is -2.47. The van der Waals surface area contributed by atoms with Crippen LogP contribution in [0.4, 0.5) is 0 Å². The van der Waals surface area contributed by atoms with Crippen LogP contribution < -0.4 is 0 Å². The van der Waals surface area contributed by atoms with Crippen LogP contribution in [0.5, 0.6) is 0 Å². The minimum atomic E-state index is -0.642. The Kier molecular flexibility index (Phi) is 4.14. The summed E-state index contributed by atoms with van der Waals surface area (Å²) in [4.78, 5) is 34.3. The van der Waals surface area contributed by atoms with E-state index in [1.807, 2.05) is 56.0 Å². The Balaban J connectivity index is 1.51. The van der Waals surface area contributed by atoms with Gasteiger partial charge in [0.1, 0.15) is 5.60 Å². The van der Waals surface area contributed by atoms with E-state index >= 15 is 0 Å². The maximum absolute atomic E-state index is 13.2. The summed E-state index contributed by atoms with van der Waals surface area (Å²) in [5.41, 5.74) is 0.0229. The van der Waals surface area contributed by atoms with Gasteiger partial charge in [0.2, 0.25) is 11.8 Å². The van der Waals surface area contributed by atoms with Crippen molar-refractivity contribution in [2.45, 2.75) is 44.4 Å². The molecule has 2 saturated heterocycles. The molecular weight excluding hydrogens is 342 g/mol. The van der Waals surface area contributed by atoms with Gasteiger partial charge < -0.3 is 14.5 Å². The first-order valence-corrected chi connectivity index (χ1v) is 9.56. The average Bonchev–Trinajstić information content (AvgIpc) is 3.28. The Labute approximate surface area is 160 Å². The standard InChI is InChI=1S/C21H27N3O3/c1-20(2,3)24-13-21-10-8-15(27-21)16(17(21)19(24)26)18(25)23(4)12-9-14-7-5-6-11-22-14/h5-8,10-11,15-17H,9,12-13H2,1-4H3/t15-,16+,17+,21-/m0/s1. The number of carbonyl (C=O) groups is 2. The van der Waals surface area contributed by atoms with E-state index in [2.05, 4.69) is 4.98 Å². The van der Waals surface area contributed by atoms with Gasteiger partial charge in [-0.1, -0.05) is 18.2 Å². The molecule has 4 heterocycles. The monoisotopic (exact) mass is 369 g/mol. The number of ether oxygens (including phenoxy) is 1. The Morgan fingerprint density at radius 1 is 1.41 bits per heavy atom. The third kappa shape index (κ3) is 2.87. The van der Waals surface area contributed by atoms with Gasteiger partial charge in [0, 0.05) is 37.4 Å². The third-order valence-corrected chi connectivity index (χ3v) is 6.00. The van der Waals surface area contributed by atoms with Gasteiger partial charge in [0.05, 0.1) is 24.5 Å². The first-order valence-electron chi connectivity index (χ1n) is 9.56. The van der Waals surface area contributed by atoms with Crippen LogP contribution in [0.25, 0.3) is 0 Å².